The largest absolute Gasteiger partial charge is 0.495 e. The molecule has 0 atom stereocenters. The van der Waals surface area contributed by atoms with Crippen molar-refractivity contribution in [3.63, 3.8) is 0 Å². The molecule has 2 aromatic carbocycles. The lowest BCUT2D eigenvalue weighted by Gasteiger charge is -2.28. The Morgan fingerprint density at radius 3 is 2.46 bits per heavy atom. The Hall–Kier alpha value is -3.25. The molecule has 8 nitrogen and oxygen atoms in total. The SMILES string of the molecule is COc1cc(C(=O)O)c(F)cc1NS(=O)(=O)c1csc(-c2ccc([C@H]3CC[C@H](C)CC3)c(OC)c2F)n1. The molecule has 1 heterocycles. The van der Waals surface area contributed by atoms with Gasteiger partial charge >= 0.3 is 5.97 Å². The van der Waals surface area contributed by atoms with Gasteiger partial charge in [0.15, 0.2) is 16.6 Å². The summed E-state index contributed by atoms with van der Waals surface area (Å²) < 4.78 is 68.2. The van der Waals surface area contributed by atoms with Gasteiger partial charge in [-0.25, -0.2) is 18.6 Å². The number of halogens is 2. The van der Waals surface area contributed by atoms with Crippen LogP contribution in [0.4, 0.5) is 14.5 Å². The fourth-order valence-corrected chi connectivity index (χ4v) is 6.68. The molecular formula is C25H26F2N2O6S2. The quantitative estimate of drug-likeness (QED) is 0.358. The summed E-state index contributed by atoms with van der Waals surface area (Å²) in [6.07, 6.45) is 4.01. The van der Waals surface area contributed by atoms with Crippen LogP contribution in [-0.2, 0) is 10.0 Å². The number of methoxy groups -OCH3 is 2. The van der Waals surface area contributed by atoms with Crippen LogP contribution in [0.25, 0.3) is 10.6 Å². The number of benzene rings is 2. The van der Waals surface area contributed by atoms with Crippen LogP contribution in [0.15, 0.2) is 34.7 Å². The monoisotopic (exact) mass is 552 g/mol. The van der Waals surface area contributed by atoms with Gasteiger partial charge in [0.1, 0.15) is 16.6 Å². The number of hydrogen-bond acceptors (Lipinski definition) is 7. The molecule has 4 rings (SSSR count). The molecule has 0 aliphatic heterocycles. The molecule has 198 valence electrons. The number of anilines is 1. The summed E-state index contributed by atoms with van der Waals surface area (Å²) in [4.78, 5) is 15.3. The minimum absolute atomic E-state index is 0.102. The molecule has 0 unspecified atom stereocenters. The fourth-order valence-electron chi connectivity index (χ4n) is 4.51. The lowest BCUT2D eigenvalue weighted by molar-refractivity contribution is 0.0691. The Labute approximate surface area is 217 Å². The minimum Gasteiger partial charge on any atom is -0.495 e. The van der Waals surface area contributed by atoms with E-state index < -0.39 is 38.2 Å². The van der Waals surface area contributed by atoms with Crippen LogP contribution in [0.2, 0.25) is 0 Å². The minimum atomic E-state index is -4.34. The highest BCUT2D eigenvalue weighted by molar-refractivity contribution is 7.92. The van der Waals surface area contributed by atoms with E-state index in [2.05, 4.69) is 16.6 Å². The first kappa shape index (κ1) is 26.8. The van der Waals surface area contributed by atoms with E-state index in [1.165, 1.54) is 19.6 Å². The Kier molecular flexibility index (Phi) is 7.69. The predicted molar refractivity (Wildman–Crippen MR) is 135 cm³/mol. The highest BCUT2D eigenvalue weighted by atomic mass is 32.2. The van der Waals surface area contributed by atoms with Gasteiger partial charge < -0.3 is 14.6 Å². The molecule has 1 fully saturated rings. The lowest BCUT2D eigenvalue weighted by Crippen LogP contribution is -2.15. The van der Waals surface area contributed by atoms with Gasteiger partial charge in [0.05, 0.1) is 31.0 Å². The maximum atomic E-state index is 15.5. The molecule has 0 saturated heterocycles. The van der Waals surface area contributed by atoms with Gasteiger partial charge in [-0.3, -0.25) is 4.72 Å². The van der Waals surface area contributed by atoms with E-state index in [9.17, 15) is 17.6 Å². The summed E-state index contributed by atoms with van der Waals surface area (Å²) in [5.41, 5.74) is -0.0868. The average molecular weight is 553 g/mol. The van der Waals surface area contributed by atoms with E-state index in [1.807, 2.05) is 6.07 Å². The zero-order chi connectivity index (χ0) is 26.9. The molecule has 2 N–H and O–H groups in total. The Morgan fingerprint density at radius 2 is 1.84 bits per heavy atom. The van der Waals surface area contributed by atoms with Crippen LogP contribution in [0.1, 0.15) is 54.4 Å². The maximum Gasteiger partial charge on any atom is 0.338 e. The van der Waals surface area contributed by atoms with Crippen molar-refractivity contribution in [3.8, 4) is 22.1 Å². The number of hydrogen-bond donors (Lipinski definition) is 2. The van der Waals surface area contributed by atoms with Crippen molar-refractivity contribution in [2.24, 2.45) is 5.92 Å². The van der Waals surface area contributed by atoms with Crippen molar-refractivity contribution in [2.75, 3.05) is 18.9 Å². The van der Waals surface area contributed by atoms with Crippen molar-refractivity contribution < 1.29 is 36.6 Å². The predicted octanol–water partition coefficient (Wildman–Crippen LogP) is 5.90. The van der Waals surface area contributed by atoms with E-state index in [4.69, 9.17) is 14.6 Å². The van der Waals surface area contributed by atoms with Crippen LogP contribution in [-0.4, -0.2) is 38.7 Å². The third-order valence-corrected chi connectivity index (χ3v) is 8.81. The third kappa shape index (κ3) is 5.40. The van der Waals surface area contributed by atoms with Gasteiger partial charge in [0, 0.05) is 17.0 Å². The topological polar surface area (TPSA) is 115 Å². The molecule has 12 heteroatoms. The molecule has 37 heavy (non-hydrogen) atoms. The molecule has 1 aliphatic rings. The van der Waals surface area contributed by atoms with E-state index in [0.717, 1.165) is 48.6 Å². The van der Waals surface area contributed by atoms with Crippen molar-refractivity contribution in [1.82, 2.24) is 4.98 Å². The first-order chi connectivity index (χ1) is 17.6. The Morgan fingerprint density at radius 1 is 1.14 bits per heavy atom. The standard InChI is InChI=1S/C25H26F2N2O6S2/c1-13-4-6-14(7-5-13)15-8-9-16(22(27)23(15)35-3)24-28-21(12-36-24)37(32,33)29-19-11-18(26)17(25(30)31)10-20(19)34-2/h8-14,29H,4-7H2,1-3H3,(H,30,31)/t13-,14-. The second-order valence-corrected chi connectivity index (χ2v) is 11.4. The smallest absolute Gasteiger partial charge is 0.338 e. The first-order valence-corrected chi connectivity index (χ1v) is 13.9. The number of carboxylic acid groups (broad SMARTS) is 1. The second-order valence-electron chi connectivity index (χ2n) is 8.94. The first-order valence-electron chi connectivity index (χ1n) is 11.5. The Bertz CT molecular complexity index is 1430. The van der Waals surface area contributed by atoms with Crippen molar-refractivity contribution in [3.05, 3.63) is 52.4 Å². The number of carboxylic acids is 1. The average Bonchev–Trinajstić information content (AvgIpc) is 3.35. The summed E-state index contributed by atoms with van der Waals surface area (Å²) in [7, 11) is -1.75. The maximum absolute atomic E-state index is 15.5. The Balaban J connectivity index is 1.64. The van der Waals surface area contributed by atoms with Crippen molar-refractivity contribution in [2.45, 2.75) is 43.6 Å². The van der Waals surface area contributed by atoms with Gasteiger partial charge in [-0.1, -0.05) is 25.8 Å². The van der Waals surface area contributed by atoms with Crippen molar-refractivity contribution >= 4 is 33.0 Å². The van der Waals surface area contributed by atoms with E-state index >= 15 is 4.39 Å². The highest BCUT2D eigenvalue weighted by Crippen LogP contribution is 2.43. The zero-order valence-electron chi connectivity index (χ0n) is 20.4. The van der Waals surface area contributed by atoms with Gasteiger partial charge in [-0.2, -0.15) is 8.42 Å². The number of nitrogens with one attached hydrogen (secondary N) is 1. The number of rotatable bonds is 8. The second kappa shape index (κ2) is 10.6. The number of ether oxygens (including phenoxy) is 2. The third-order valence-electron chi connectivity index (χ3n) is 6.54. The molecule has 1 saturated carbocycles. The molecule has 1 aromatic heterocycles. The summed E-state index contributed by atoms with van der Waals surface area (Å²) in [5.74, 6) is -2.52. The molecule has 0 bridgehead atoms. The normalized spacial score (nSPS) is 17.9. The fraction of sp³-hybridized carbons (Fsp3) is 0.360. The summed E-state index contributed by atoms with van der Waals surface area (Å²) in [5, 5.41) is 10.0. The van der Waals surface area contributed by atoms with E-state index in [1.54, 1.807) is 6.07 Å². The van der Waals surface area contributed by atoms with Crippen molar-refractivity contribution in [1.29, 1.82) is 0 Å². The van der Waals surface area contributed by atoms with Gasteiger partial charge in [0.25, 0.3) is 10.0 Å². The molecule has 1 aliphatic carbocycles. The number of aromatic nitrogens is 1. The number of sulfonamides is 1. The zero-order valence-corrected chi connectivity index (χ0v) is 22.0. The number of carbonyl (C=O) groups is 1. The van der Waals surface area contributed by atoms with Crippen LogP contribution >= 0.6 is 11.3 Å². The van der Waals surface area contributed by atoms with Crippen LogP contribution < -0.4 is 14.2 Å². The van der Waals surface area contributed by atoms with Crippen LogP contribution in [0, 0.1) is 17.6 Å². The van der Waals surface area contributed by atoms with E-state index in [0.29, 0.717) is 12.0 Å². The van der Waals surface area contributed by atoms with Gasteiger partial charge in [0.2, 0.25) is 0 Å². The molecular weight excluding hydrogens is 526 g/mol. The molecule has 0 radical (unpaired) electrons. The number of nitrogens with zero attached hydrogens (tertiary/aromatic N) is 1. The van der Waals surface area contributed by atoms with E-state index in [-0.39, 0.29) is 33.7 Å². The summed E-state index contributed by atoms with van der Waals surface area (Å²) in [6.45, 7) is 2.21. The summed E-state index contributed by atoms with van der Waals surface area (Å²) in [6, 6.07) is 4.97. The number of thiazole rings is 1. The molecule has 0 spiro atoms. The number of aromatic carboxylic acids is 1. The van der Waals surface area contributed by atoms with Gasteiger partial charge in [-0.15, -0.1) is 11.3 Å². The molecule has 3 aromatic rings. The highest BCUT2D eigenvalue weighted by Gasteiger charge is 2.28. The van der Waals surface area contributed by atoms with Crippen LogP contribution in [0.3, 0.4) is 0 Å². The lowest BCUT2D eigenvalue weighted by atomic mass is 9.79. The molecule has 0 amide bonds. The van der Waals surface area contributed by atoms with Gasteiger partial charge in [-0.05, 0) is 36.8 Å². The van der Waals surface area contributed by atoms with Crippen LogP contribution in [0.5, 0.6) is 11.5 Å². The summed E-state index contributed by atoms with van der Waals surface area (Å²) >= 11 is 0.926.